The summed E-state index contributed by atoms with van der Waals surface area (Å²) in [6.07, 6.45) is 0. The van der Waals surface area contributed by atoms with Crippen LogP contribution in [0.4, 0.5) is 16.2 Å². The van der Waals surface area contributed by atoms with Gasteiger partial charge in [-0.05, 0) is 62.4 Å². The van der Waals surface area contributed by atoms with E-state index < -0.39 is 0 Å². The van der Waals surface area contributed by atoms with Gasteiger partial charge in [-0.2, -0.15) is 0 Å². The summed E-state index contributed by atoms with van der Waals surface area (Å²) in [5, 5.41) is 12.3. The summed E-state index contributed by atoms with van der Waals surface area (Å²) < 4.78 is 0. The van der Waals surface area contributed by atoms with Gasteiger partial charge in [0.25, 0.3) is 0 Å². The number of rotatable bonds is 4. The fraction of sp³-hybridized carbons (Fsp3) is 0.286. The second kappa shape index (κ2) is 10.3. The summed E-state index contributed by atoms with van der Waals surface area (Å²) in [5.74, 6) is 1.80. The van der Waals surface area contributed by atoms with Crippen molar-refractivity contribution in [3.8, 4) is 0 Å². The molecule has 2 unspecified atom stereocenters. The van der Waals surface area contributed by atoms with Crippen molar-refractivity contribution in [2.45, 2.75) is 25.9 Å². The number of hydrogen-bond donors (Lipinski definition) is 4. The third-order valence-corrected chi connectivity index (χ3v) is 4.65. The molecule has 4 rings (SSSR count). The monoisotopic (exact) mass is 448 g/mol. The second-order valence-electron chi connectivity index (χ2n) is 7.20. The van der Waals surface area contributed by atoms with Crippen molar-refractivity contribution in [2.75, 3.05) is 23.7 Å². The summed E-state index contributed by atoms with van der Waals surface area (Å²) in [6.45, 7) is 5.78. The molecule has 0 aliphatic carbocycles. The Labute approximate surface area is 188 Å². The number of nitrogens with zero attached hydrogens (tertiary/aromatic N) is 2. The number of benzene rings is 2. The SMILES string of the molecule is CC1CN=C(c2ccc(NC(=O)Nc3ccc(C4=NCC(C)N4)cc3)cc2)N1.Cl.Cl. The highest BCUT2D eigenvalue weighted by molar-refractivity contribution is 6.03. The van der Waals surface area contributed by atoms with E-state index in [0.717, 1.165) is 47.3 Å². The fourth-order valence-corrected chi connectivity index (χ4v) is 3.17. The Hall–Kier alpha value is -2.77. The van der Waals surface area contributed by atoms with Crippen LogP contribution in [0.5, 0.6) is 0 Å². The van der Waals surface area contributed by atoms with Crippen LogP contribution in [0.1, 0.15) is 25.0 Å². The van der Waals surface area contributed by atoms with Gasteiger partial charge >= 0.3 is 6.03 Å². The molecule has 4 N–H and O–H groups in total. The minimum Gasteiger partial charge on any atom is -0.366 e. The van der Waals surface area contributed by atoms with Gasteiger partial charge in [0.1, 0.15) is 11.7 Å². The van der Waals surface area contributed by atoms with E-state index >= 15 is 0 Å². The third-order valence-electron chi connectivity index (χ3n) is 4.65. The van der Waals surface area contributed by atoms with E-state index in [2.05, 4.69) is 45.1 Å². The predicted octanol–water partition coefficient (Wildman–Crippen LogP) is 3.65. The summed E-state index contributed by atoms with van der Waals surface area (Å²) >= 11 is 0. The lowest BCUT2D eigenvalue weighted by Gasteiger charge is -2.10. The minimum atomic E-state index is -0.282. The zero-order chi connectivity index (χ0) is 19.5. The van der Waals surface area contributed by atoms with Gasteiger partial charge in [-0.25, -0.2) is 4.79 Å². The van der Waals surface area contributed by atoms with Gasteiger partial charge in [-0.3, -0.25) is 9.98 Å². The minimum absolute atomic E-state index is 0. The molecule has 2 atom stereocenters. The van der Waals surface area contributed by atoms with Crippen LogP contribution in [0.25, 0.3) is 0 Å². The van der Waals surface area contributed by atoms with Crippen molar-refractivity contribution in [1.82, 2.24) is 10.6 Å². The Bertz CT molecular complexity index is 852. The molecule has 0 spiro atoms. The van der Waals surface area contributed by atoms with Gasteiger partial charge in [0.05, 0.1) is 13.1 Å². The van der Waals surface area contributed by atoms with Crippen LogP contribution in [-0.2, 0) is 0 Å². The van der Waals surface area contributed by atoms with Crippen LogP contribution in [0.15, 0.2) is 58.5 Å². The highest BCUT2D eigenvalue weighted by Gasteiger charge is 2.15. The fourth-order valence-electron chi connectivity index (χ4n) is 3.17. The number of carbonyl (C=O) groups is 1. The van der Waals surface area contributed by atoms with E-state index in [1.807, 2.05) is 48.5 Å². The van der Waals surface area contributed by atoms with E-state index in [1.165, 1.54) is 0 Å². The van der Waals surface area contributed by atoms with Crippen molar-refractivity contribution in [3.63, 3.8) is 0 Å². The number of carbonyl (C=O) groups excluding carboxylic acids is 1. The molecule has 0 saturated heterocycles. The molecule has 160 valence electrons. The molecular weight excluding hydrogens is 423 g/mol. The molecule has 0 bridgehead atoms. The van der Waals surface area contributed by atoms with Crippen LogP contribution in [0, 0.1) is 0 Å². The summed E-state index contributed by atoms with van der Waals surface area (Å²) in [4.78, 5) is 21.2. The Morgan fingerprint density at radius 2 is 1.13 bits per heavy atom. The molecule has 2 aliphatic heterocycles. The molecule has 2 aromatic rings. The van der Waals surface area contributed by atoms with E-state index in [0.29, 0.717) is 12.1 Å². The smallest absolute Gasteiger partial charge is 0.323 e. The maximum Gasteiger partial charge on any atom is 0.323 e. The molecule has 7 nitrogen and oxygen atoms in total. The molecular formula is C21H26Cl2N6O. The van der Waals surface area contributed by atoms with Gasteiger partial charge < -0.3 is 21.3 Å². The molecule has 2 aromatic carbocycles. The van der Waals surface area contributed by atoms with Crippen molar-refractivity contribution in [1.29, 1.82) is 0 Å². The van der Waals surface area contributed by atoms with Crippen molar-refractivity contribution >= 4 is 53.9 Å². The summed E-state index contributed by atoms with van der Waals surface area (Å²) in [6, 6.07) is 15.7. The number of urea groups is 1. The van der Waals surface area contributed by atoms with Crippen LogP contribution < -0.4 is 21.3 Å². The number of anilines is 2. The van der Waals surface area contributed by atoms with E-state index in [4.69, 9.17) is 0 Å². The molecule has 2 heterocycles. The lowest BCUT2D eigenvalue weighted by Crippen LogP contribution is -2.27. The standard InChI is InChI=1S/C21H24N6O.2ClH/c1-13-11-22-19(24-13)15-3-7-17(8-4-15)26-21(28)27-18-9-5-16(6-10-18)20-23-12-14(2)25-20;;/h3-10,13-14H,11-12H2,1-2H3,(H,22,24)(H,23,25)(H2,26,27,28);2*1H. The number of nitrogens with one attached hydrogen (secondary N) is 4. The van der Waals surface area contributed by atoms with Crippen LogP contribution >= 0.6 is 24.8 Å². The number of amidine groups is 2. The van der Waals surface area contributed by atoms with Crippen LogP contribution in [0.3, 0.4) is 0 Å². The quantitative estimate of drug-likeness (QED) is 0.575. The lowest BCUT2D eigenvalue weighted by atomic mass is 10.2. The highest BCUT2D eigenvalue weighted by atomic mass is 35.5. The first kappa shape index (κ1) is 23.5. The highest BCUT2D eigenvalue weighted by Crippen LogP contribution is 2.15. The van der Waals surface area contributed by atoms with Gasteiger partial charge in [0, 0.05) is 34.6 Å². The Kier molecular flexibility index (Phi) is 8.08. The second-order valence-corrected chi connectivity index (χ2v) is 7.20. The van der Waals surface area contributed by atoms with Crippen molar-refractivity contribution < 1.29 is 4.79 Å². The largest absolute Gasteiger partial charge is 0.366 e. The molecule has 0 aromatic heterocycles. The maximum atomic E-state index is 12.3. The summed E-state index contributed by atoms with van der Waals surface area (Å²) in [5.41, 5.74) is 3.48. The molecule has 0 saturated carbocycles. The zero-order valence-electron chi connectivity index (χ0n) is 16.8. The first-order valence-electron chi connectivity index (χ1n) is 9.48. The Morgan fingerprint density at radius 1 is 0.767 bits per heavy atom. The maximum absolute atomic E-state index is 12.3. The molecule has 2 aliphatic rings. The molecule has 30 heavy (non-hydrogen) atoms. The first-order chi connectivity index (χ1) is 13.6. The van der Waals surface area contributed by atoms with E-state index in [-0.39, 0.29) is 30.8 Å². The topological polar surface area (TPSA) is 89.9 Å². The number of amides is 2. The van der Waals surface area contributed by atoms with Crippen molar-refractivity contribution in [2.24, 2.45) is 9.98 Å². The van der Waals surface area contributed by atoms with E-state index in [9.17, 15) is 4.79 Å². The molecule has 9 heteroatoms. The average molecular weight is 449 g/mol. The van der Waals surface area contributed by atoms with E-state index in [1.54, 1.807) is 0 Å². The van der Waals surface area contributed by atoms with Crippen molar-refractivity contribution in [3.05, 3.63) is 59.7 Å². The van der Waals surface area contributed by atoms with Gasteiger partial charge in [0.2, 0.25) is 0 Å². The number of aliphatic imine (C=N–C) groups is 2. The van der Waals surface area contributed by atoms with Gasteiger partial charge in [0.15, 0.2) is 0 Å². The average Bonchev–Trinajstić information content (AvgIpc) is 3.31. The number of hydrogen-bond acceptors (Lipinski definition) is 5. The predicted molar refractivity (Wildman–Crippen MR) is 128 cm³/mol. The first-order valence-corrected chi connectivity index (χ1v) is 9.48. The molecule has 2 amide bonds. The number of halogens is 2. The molecule has 0 fully saturated rings. The van der Waals surface area contributed by atoms with Gasteiger partial charge in [-0.15, -0.1) is 24.8 Å². The zero-order valence-corrected chi connectivity index (χ0v) is 18.4. The Balaban J connectivity index is 0.00000160. The molecule has 0 radical (unpaired) electrons. The van der Waals surface area contributed by atoms with Crippen LogP contribution in [0.2, 0.25) is 0 Å². The summed E-state index contributed by atoms with van der Waals surface area (Å²) in [7, 11) is 0. The normalized spacial score (nSPS) is 19.3. The lowest BCUT2D eigenvalue weighted by molar-refractivity contribution is 0.262. The Morgan fingerprint density at radius 3 is 1.43 bits per heavy atom. The third kappa shape index (κ3) is 5.64. The van der Waals surface area contributed by atoms with Gasteiger partial charge in [-0.1, -0.05) is 0 Å². The van der Waals surface area contributed by atoms with Crippen LogP contribution in [-0.4, -0.2) is 42.9 Å².